The molecular weight excluding hydrogens is 228 g/mol. The first-order valence-corrected chi connectivity index (χ1v) is 6.32. The Bertz CT molecular complexity index is 651. The molecule has 0 bridgehead atoms. The van der Waals surface area contributed by atoms with E-state index >= 15 is 0 Å². The van der Waals surface area contributed by atoms with Crippen molar-refractivity contribution in [1.82, 2.24) is 0 Å². The third-order valence-corrected chi connectivity index (χ3v) is 3.84. The van der Waals surface area contributed by atoms with E-state index in [0.29, 0.717) is 22.6 Å². The number of methoxy groups -OCH3 is 1. The lowest BCUT2D eigenvalue weighted by Gasteiger charge is -2.25. The summed E-state index contributed by atoms with van der Waals surface area (Å²) in [7, 11) is 1.61. The van der Waals surface area contributed by atoms with Gasteiger partial charge in [-0.1, -0.05) is 6.42 Å². The van der Waals surface area contributed by atoms with Gasteiger partial charge in [-0.05, 0) is 31.9 Å². The molecule has 94 valence electrons. The largest absolute Gasteiger partial charge is 0.497 e. The molecule has 1 aromatic heterocycles. The molecule has 18 heavy (non-hydrogen) atoms. The second-order valence-electron chi connectivity index (χ2n) is 4.91. The lowest BCUT2D eigenvalue weighted by Crippen LogP contribution is -2.16. The first kappa shape index (κ1) is 11.3. The van der Waals surface area contributed by atoms with Gasteiger partial charge in [-0.15, -0.1) is 0 Å². The van der Waals surface area contributed by atoms with E-state index in [9.17, 15) is 4.79 Å². The molecule has 0 N–H and O–H groups in total. The maximum Gasteiger partial charge on any atom is 0.195 e. The molecule has 0 atom stereocenters. The molecule has 3 rings (SSSR count). The van der Waals surface area contributed by atoms with E-state index in [1.807, 2.05) is 6.92 Å². The van der Waals surface area contributed by atoms with Crippen molar-refractivity contribution >= 4 is 11.0 Å². The summed E-state index contributed by atoms with van der Waals surface area (Å²) in [6.45, 7) is 1.86. The molecule has 1 fully saturated rings. The highest BCUT2D eigenvalue weighted by Crippen LogP contribution is 2.38. The zero-order valence-corrected chi connectivity index (χ0v) is 10.7. The molecule has 1 aromatic carbocycles. The Morgan fingerprint density at radius 3 is 2.72 bits per heavy atom. The number of fused-ring (bicyclic) bond motifs is 1. The minimum absolute atomic E-state index is 0.0841. The molecule has 1 aliphatic carbocycles. The highest BCUT2D eigenvalue weighted by atomic mass is 16.5. The number of rotatable bonds is 2. The van der Waals surface area contributed by atoms with Gasteiger partial charge in [0.25, 0.3) is 0 Å². The summed E-state index contributed by atoms with van der Waals surface area (Å²) < 4.78 is 11.1. The number of hydrogen-bond donors (Lipinski definition) is 0. The Labute approximate surface area is 105 Å². The fourth-order valence-electron chi connectivity index (χ4n) is 2.47. The Morgan fingerprint density at radius 1 is 1.33 bits per heavy atom. The normalized spacial score (nSPS) is 15.7. The van der Waals surface area contributed by atoms with Crippen molar-refractivity contribution in [1.29, 1.82) is 0 Å². The van der Waals surface area contributed by atoms with Crippen molar-refractivity contribution in [2.45, 2.75) is 32.1 Å². The highest BCUT2D eigenvalue weighted by Gasteiger charge is 2.25. The van der Waals surface area contributed by atoms with Crippen molar-refractivity contribution in [3.8, 4) is 5.75 Å². The maximum absolute atomic E-state index is 12.3. The van der Waals surface area contributed by atoms with Crippen molar-refractivity contribution < 1.29 is 9.15 Å². The second-order valence-corrected chi connectivity index (χ2v) is 4.91. The average Bonchev–Trinajstić information content (AvgIpc) is 2.32. The summed E-state index contributed by atoms with van der Waals surface area (Å²) >= 11 is 0. The van der Waals surface area contributed by atoms with E-state index in [2.05, 4.69) is 0 Å². The van der Waals surface area contributed by atoms with Crippen LogP contribution >= 0.6 is 0 Å². The molecular formula is C15H16O3. The lowest BCUT2D eigenvalue weighted by atomic mass is 9.82. The van der Waals surface area contributed by atoms with Crippen LogP contribution in [0.1, 0.15) is 36.5 Å². The highest BCUT2D eigenvalue weighted by molar-refractivity contribution is 5.78. The van der Waals surface area contributed by atoms with Gasteiger partial charge in [0.05, 0.1) is 12.5 Å². The number of ether oxygens (including phenoxy) is 1. The number of hydrogen-bond acceptors (Lipinski definition) is 3. The van der Waals surface area contributed by atoms with Gasteiger partial charge in [0.2, 0.25) is 0 Å². The van der Waals surface area contributed by atoms with E-state index in [0.717, 1.165) is 24.2 Å². The first-order valence-electron chi connectivity index (χ1n) is 6.32. The van der Waals surface area contributed by atoms with E-state index in [-0.39, 0.29) is 5.43 Å². The predicted octanol–water partition coefficient (Wildman–Crippen LogP) is 3.38. The molecule has 1 heterocycles. The Kier molecular flexibility index (Phi) is 2.62. The lowest BCUT2D eigenvalue weighted by molar-refractivity contribution is 0.348. The molecule has 2 aromatic rings. The van der Waals surface area contributed by atoms with Gasteiger partial charge in [-0.3, -0.25) is 4.79 Å². The standard InChI is InChI=1S/C15H16O3/c1-9-14(16)12-7-6-11(17-2)8-13(12)18-15(9)10-4-3-5-10/h6-8,10H,3-5H2,1-2H3. The summed E-state index contributed by atoms with van der Waals surface area (Å²) in [6.07, 6.45) is 3.47. The van der Waals surface area contributed by atoms with Gasteiger partial charge in [0.1, 0.15) is 17.1 Å². The number of benzene rings is 1. The topological polar surface area (TPSA) is 39.4 Å². The van der Waals surface area contributed by atoms with Crippen LogP contribution in [0, 0.1) is 6.92 Å². The van der Waals surface area contributed by atoms with Gasteiger partial charge in [-0.25, -0.2) is 0 Å². The third-order valence-electron chi connectivity index (χ3n) is 3.84. The minimum Gasteiger partial charge on any atom is -0.497 e. The first-order chi connectivity index (χ1) is 8.70. The zero-order chi connectivity index (χ0) is 12.7. The van der Waals surface area contributed by atoms with E-state index < -0.39 is 0 Å². The molecule has 1 aliphatic rings. The van der Waals surface area contributed by atoms with Gasteiger partial charge in [0.15, 0.2) is 5.43 Å². The molecule has 0 unspecified atom stereocenters. The van der Waals surface area contributed by atoms with E-state index in [1.54, 1.807) is 25.3 Å². The van der Waals surface area contributed by atoms with Crippen LogP contribution in [-0.2, 0) is 0 Å². The summed E-state index contributed by atoms with van der Waals surface area (Å²) in [4.78, 5) is 12.3. The van der Waals surface area contributed by atoms with Crippen LogP contribution in [0.25, 0.3) is 11.0 Å². The van der Waals surface area contributed by atoms with E-state index in [4.69, 9.17) is 9.15 Å². The van der Waals surface area contributed by atoms with Crippen LogP contribution in [0.15, 0.2) is 27.4 Å². The van der Waals surface area contributed by atoms with Gasteiger partial charge in [-0.2, -0.15) is 0 Å². The quantitative estimate of drug-likeness (QED) is 0.813. The van der Waals surface area contributed by atoms with Gasteiger partial charge >= 0.3 is 0 Å². The van der Waals surface area contributed by atoms with Gasteiger partial charge < -0.3 is 9.15 Å². The average molecular weight is 244 g/mol. The van der Waals surface area contributed by atoms with Crippen LogP contribution in [0.2, 0.25) is 0 Å². The Balaban J connectivity index is 2.25. The molecule has 0 saturated heterocycles. The van der Waals surface area contributed by atoms with Crippen molar-refractivity contribution in [3.63, 3.8) is 0 Å². The third kappa shape index (κ3) is 1.62. The van der Waals surface area contributed by atoms with Crippen LogP contribution in [0.4, 0.5) is 0 Å². The fourth-order valence-corrected chi connectivity index (χ4v) is 2.47. The van der Waals surface area contributed by atoms with Crippen LogP contribution in [0.5, 0.6) is 5.75 Å². The predicted molar refractivity (Wildman–Crippen MR) is 70.4 cm³/mol. The molecule has 0 amide bonds. The SMILES string of the molecule is COc1ccc2c(=O)c(C)c(C3CCC3)oc2c1. The maximum atomic E-state index is 12.3. The Morgan fingerprint density at radius 2 is 2.11 bits per heavy atom. The van der Waals surface area contributed by atoms with Crippen molar-refractivity contribution in [2.24, 2.45) is 0 Å². The molecule has 3 nitrogen and oxygen atoms in total. The monoisotopic (exact) mass is 244 g/mol. The molecule has 0 radical (unpaired) electrons. The molecule has 1 saturated carbocycles. The summed E-state index contributed by atoms with van der Waals surface area (Å²) in [5, 5.41) is 0.636. The summed E-state index contributed by atoms with van der Waals surface area (Å²) in [5.74, 6) is 2.01. The summed E-state index contributed by atoms with van der Waals surface area (Å²) in [6, 6.07) is 5.36. The zero-order valence-electron chi connectivity index (χ0n) is 10.7. The molecule has 0 aliphatic heterocycles. The van der Waals surface area contributed by atoms with E-state index in [1.165, 1.54) is 6.42 Å². The van der Waals surface area contributed by atoms with Crippen molar-refractivity contribution in [2.75, 3.05) is 7.11 Å². The van der Waals surface area contributed by atoms with Crippen LogP contribution in [-0.4, -0.2) is 7.11 Å². The second kappa shape index (κ2) is 4.16. The molecule has 0 spiro atoms. The Hall–Kier alpha value is -1.77. The minimum atomic E-state index is 0.0841. The van der Waals surface area contributed by atoms with Gasteiger partial charge in [0, 0.05) is 17.5 Å². The molecule has 3 heteroatoms. The van der Waals surface area contributed by atoms with Crippen LogP contribution < -0.4 is 10.2 Å². The summed E-state index contributed by atoms with van der Waals surface area (Å²) in [5.41, 5.74) is 1.48. The van der Waals surface area contributed by atoms with Crippen LogP contribution in [0.3, 0.4) is 0 Å². The smallest absolute Gasteiger partial charge is 0.195 e. The van der Waals surface area contributed by atoms with Crippen molar-refractivity contribution in [3.05, 3.63) is 39.7 Å². The fraction of sp³-hybridized carbons (Fsp3) is 0.400.